The van der Waals surface area contributed by atoms with E-state index >= 15 is 0 Å². The summed E-state index contributed by atoms with van der Waals surface area (Å²) in [5.41, 5.74) is 3.64. The third kappa shape index (κ3) is 3.74. The van der Waals surface area contributed by atoms with E-state index in [4.69, 9.17) is 14.2 Å². The minimum Gasteiger partial charge on any atom is -0.494 e. The summed E-state index contributed by atoms with van der Waals surface area (Å²) in [4.78, 5) is 4.64. The van der Waals surface area contributed by atoms with Gasteiger partial charge >= 0.3 is 0 Å². The normalized spacial score (nSPS) is 26.1. The number of aromatic nitrogens is 1. The van der Waals surface area contributed by atoms with E-state index in [1.165, 1.54) is 0 Å². The second-order valence-corrected chi connectivity index (χ2v) is 8.49. The molecular weight excluding hydrogens is 387 g/mol. The average molecular weight is 416 g/mol. The van der Waals surface area contributed by atoms with Crippen LogP contribution < -0.4 is 0 Å². The van der Waals surface area contributed by atoms with E-state index in [0.717, 1.165) is 47.0 Å². The van der Waals surface area contributed by atoms with Crippen molar-refractivity contribution in [3.8, 4) is 5.88 Å². The van der Waals surface area contributed by atoms with Crippen molar-refractivity contribution in [3.63, 3.8) is 0 Å². The van der Waals surface area contributed by atoms with Gasteiger partial charge in [0.2, 0.25) is 5.88 Å². The number of fused-ring (bicyclic) bond motifs is 1. The Morgan fingerprint density at radius 3 is 2.67 bits per heavy atom. The molecule has 2 aromatic rings. The highest BCUT2D eigenvalue weighted by Crippen LogP contribution is 2.39. The first kappa shape index (κ1) is 20.0. The minimum absolute atomic E-state index is 0.0267. The van der Waals surface area contributed by atoms with Gasteiger partial charge in [-0.3, -0.25) is 4.99 Å². The highest BCUT2D eigenvalue weighted by Gasteiger charge is 2.29. The molecule has 3 aliphatic rings. The van der Waals surface area contributed by atoms with Gasteiger partial charge in [-0.2, -0.15) is 0 Å². The zero-order valence-electron chi connectivity index (χ0n) is 17.2. The van der Waals surface area contributed by atoms with E-state index in [0.29, 0.717) is 46.0 Å². The predicted molar refractivity (Wildman–Crippen MR) is 112 cm³/mol. The number of hydrogen-bond acceptors (Lipinski definition) is 5. The summed E-state index contributed by atoms with van der Waals surface area (Å²) in [6.07, 6.45) is 2.22. The minimum atomic E-state index is -0.926. The lowest BCUT2D eigenvalue weighted by atomic mass is 9.90. The van der Waals surface area contributed by atoms with Crippen LogP contribution in [0.1, 0.15) is 36.4 Å². The fourth-order valence-corrected chi connectivity index (χ4v) is 4.96. The standard InChI is InChI=1S/C23H29FN2O4/c24-19-13-29-7-3-16(19)11-15-1-2-21-18(12-15)22(20-14-30-10-6-25-20)23(27)26(21)17-4-8-28-9-5-17/h1-2,12,16-17,19,27H,3-11,13-14H2. The molecule has 30 heavy (non-hydrogen) atoms. The van der Waals surface area contributed by atoms with Gasteiger partial charge in [0, 0.05) is 31.2 Å². The molecule has 0 spiro atoms. The number of nitrogens with zero attached hydrogens (tertiary/aromatic N) is 2. The zero-order valence-corrected chi connectivity index (χ0v) is 17.2. The van der Waals surface area contributed by atoms with Gasteiger partial charge in [0.15, 0.2) is 0 Å². The van der Waals surface area contributed by atoms with Crippen molar-refractivity contribution in [2.75, 3.05) is 46.2 Å². The van der Waals surface area contributed by atoms with Crippen LogP contribution in [0.25, 0.3) is 10.9 Å². The Morgan fingerprint density at radius 1 is 1.07 bits per heavy atom. The maximum Gasteiger partial charge on any atom is 0.201 e. The van der Waals surface area contributed by atoms with Gasteiger partial charge in [0.25, 0.3) is 0 Å². The SMILES string of the molecule is Oc1c(C2=NCCOC2)c2cc(CC3CCOCC3F)ccc2n1C1CCOCC1. The fourth-order valence-electron chi connectivity index (χ4n) is 4.96. The number of halogens is 1. The summed E-state index contributed by atoms with van der Waals surface area (Å²) in [7, 11) is 0. The van der Waals surface area contributed by atoms with Gasteiger partial charge < -0.3 is 23.9 Å². The molecule has 0 amide bonds. The molecule has 1 N–H and O–H groups in total. The molecule has 162 valence electrons. The van der Waals surface area contributed by atoms with Crippen molar-refractivity contribution in [2.24, 2.45) is 10.9 Å². The molecule has 0 radical (unpaired) electrons. The van der Waals surface area contributed by atoms with Gasteiger partial charge in [-0.25, -0.2) is 4.39 Å². The Balaban J connectivity index is 1.57. The summed E-state index contributed by atoms with van der Waals surface area (Å²) in [5.74, 6) is 0.230. The molecule has 0 saturated carbocycles. The molecule has 5 rings (SSSR count). The van der Waals surface area contributed by atoms with Crippen molar-refractivity contribution in [1.82, 2.24) is 4.57 Å². The van der Waals surface area contributed by atoms with Crippen molar-refractivity contribution in [1.29, 1.82) is 0 Å². The van der Waals surface area contributed by atoms with Crippen LogP contribution in [0.2, 0.25) is 0 Å². The van der Waals surface area contributed by atoms with Gasteiger partial charge in [0.1, 0.15) is 6.17 Å². The van der Waals surface area contributed by atoms with Crippen LogP contribution in [0.4, 0.5) is 4.39 Å². The molecule has 0 bridgehead atoms. The third-order valence-corrected chi connectivity index (χ3v) is 6.58. The van der Waals surface area contributed by atoms with Gasteiger partial charge in [-0.05, 0) is 49.3 Å². The first-order chi connectivity index (χ1) is 14.7. The molecule has 0 aliphatic carbocycles. The Hall–Kier alpha value is -1.96. The molecule has 3 aliphatic heterocycles. The Labute approximate surface area is 175 Å². The van der Waals surface area contributed by atoms with E-state index in [1.807, 2.05) is 4.57 Å². The largest absolute Gasteiger partial charge is 0.494 e. The maximum absolute atomic E-state index is 14.3. The average Bonchev–Trinajstić information content (AvgIpc) is 3.07. The molecule has 1 aromatic heterocycles. The van der Waals surface area contributed by atoms with E-state index < -0.39 is 6.17 Å². The highest BCUT2D eigenvalue weighted by molar-refractivity contribution is 6.14. The lowest BCUT2D eigenvalue weighted by molar-refractivity contribution is -0.00117. The lowest BCUT2D eigenvalue weighted by Gasteiger charge is -2.26. The first-order valence-corrected chi connectivity index (χ1v) is 11.0. The molecule has 7 heteroatoms. The van der Waals surface area contributed by atoms with Gasteiger partial charge in [-0.1, -0.05) is 6.07 Å². The molecule has 2 fully saturated rings. The Bertz CT molecular complexity index is 935. The second kappa shape index (κ2) is 8.65. The smallest absolute Gasteiger partial charge is 0.201 e. The number of benzene rings is 1. The van der Waals surface area contributed by atoms with Crippen LogP contribution in [0.15, 0.2) is 23.2 Å². The molecular formula is C23H29FN2O4. The number of alkyl halides is 1. The maximum atomic E-state index is 14.3. The van der Waals surface area contributed by atoms with E-state index in [9.17, 15) is 9.50 Å². The number of hydrogen-bond donors (Lipinski definition) is 1. The molecule has 4 heterocycles. The molecule has 2 saturated heterocycles. The van der Waals surface area contributed by atoms with Crippen molar-refractivity contribution < 1.29 is 23.7 Å². The summed E-state index contributed by atoms with van der Waals surface area (Å²) in [6, 6.07) is 6.44. The van der Waals surface area contributed by atoms with Crippen LogP contribution in [-0.4, -0.2) is 67.7 Å². The van der Waals surface area contributed by atoms with Crippen LogP contribution in [0, 0.1) is 5.92 Å². The van der Waals surface area contributed by atoms with Crippen molar-refractivity contribution in [3.05, 3.63) is 29.3 Å². The highest BCUT2D eigenvalue weighted by atomic mass is 19.1. The van der Waals surface area contributed by atoms with E-state index in [-0.39, 0.29) is 24.4 Å². The first-order valence-electron chi connectivity index (χ1n) is 11.0. The van der Waals surface area contributed by atoms with Crippen LogP contribution in [-0.2, 0) is 20.6 Å². The summed E-state index contributed by atoms with van der Waals surface area (Å²) in [6.45, 7) is 3.81. The van der Waals surface area contributed by atoms with Crippen molar-refractivity contribution in [2.45, 2.75) is 37.9 Å². The fraction of sp³-hybridized carbons (Fsp3) is 0.609. The van der Waals surface area contributed by atoms with E-state index in [1.54, 1.807) is 0 Å². The number of rotatable bonds is 4. The topological polar surface area (TPSA) is 65.2 Å². The number of ether oxygens (including phenoxy) is 3. The monoisotopic (exact) mass is 416 g/mol. The number of aliphatic imine (C=N–C) groups is 1. The third-order valence-electron chi connectivity index (χ3n) is 6.58. The lowest BCUT2D eigenvalue weighted by Crippen LogP contribution is -2.30. The van der Waals surface area contributed by atoms with E-state index in [2.05, 4.69) is 23.2 Å². The quantitative estimate of drug-likeness (QED) is 0.829. The van der Waals surface area contributed by atoms with Crippen LogP contribution in [0.3, 0.4) is 0 Å². The second-order valence-electron chi connectivity index (χ2n) is 8.49. The van der Waals surface area contributed by atoms with Gasteiger partial charge in [-0.15, -0.1) is 0 Å². The van der Waals surface area contributed by atoms with Crippen molar-refractivity contribution >= 4 is 16.6 Å². The Kier molecular flexibility index (Phi) is 5.76. The van der Waals surface area contributed by atoms with Crippen LogP contribution >= 0.6 is 0 Å². The predicted octanol–water partition coefficient (Wildman–Crippen LogP) is 3.43. The van der Waals surface area contributed by atoms with Gasteiger partial charge in [0.05, 0.1) is 43.2 Å². The molecule has 1 aromatic carbocycles. The summed E-state index contributed by atoms with van der Waals surface area (Å²) in [5, 5.41) is 12.3. The summed E-state index contributed by atoms with van der Waals surface area (Å²) >= 11 is 0. The number of aromatic hydroxyl groups is 1. The molecule has 2 unspecified atom stereocenters. The zero-order chi connectivity index (χ0) is 20.5. The summed E-state index contributed by atoms with van der Waals surface area (Å²) < 4.78 is 32.8. The molecule has 2 atom stereocenters. The Morgan fingerprint density at radius 2 is 1.90 bits per heavy atom. The molecule has 6 nitrogen and oxygen atoms in total. The van der Waals surface area contributed by atoms with Crippen LogP contribution in [0.5, 0.6) is 5.88 Å².